The molecule has 0 unspecified atom stereocenters. The summed E-state index contributed by atoms with van der Waals surface area (Å²) >= 11 is 0. The standard InChI is InChI=1S/C20H15NO2/c21-12-11-16-4-2-1-3-15(16)8-5-14-6-9-17(10-7-14)18-13-19(18)20(22)23/h1-4,6-7,9-10,18-19H,11,13H2,(H,22,23)/t18-,19+/m1/s1. The number of hydrogen-bond acceptors (Lipinski definition) is 2. The average Bonchev–Trinajstić information content (AvgIpc) is 3.36. The summed E-state index contributed by atoms with van der Waals surface area (Å²) in [6.45, 7) is 0. The first-order valence-corrected chi connectivity index (χ1v) is 7.48. The molecule has 3 rings (SSSR count). The van der Waals surface area contributed by atoms with E-state index in [9.17, 15) is 4.79 Å². The molecule has 1 fully saturated rings. The third-order valence-electron chi connectivity index (χ3n) is 4.07. The minimum absolute atomic E-state index is 0.144. The van der Waals surface area contributed by atoms with E-state index in [2.05, 4.69) is 17.9 Å². The molecule has 112 valence electrons. The van der Waals surface area contributed by atoms with Gasteiger partial charge in [-0.15, -0.1) is 0 Å². The van der Waals surface area contributed by atoms with Crippen LogP contribution in [0.1, 0.15) is 34.6 Å². The number of carbonyl (C=O) groups is 1. The summed E-state index contributed by atoms with van der Waals surface area (Å²) < 4.78 is 0. The van der Waals surface area contributed by atoms with Gasteiger partial charge in [0.05, 0.1) is 18.4 Å². The molecule has 1 aliphatic carbocycles. The Hall–Kier alpha value is -3.04. The maximum Gasteiger partial charge on any atom is 0.307 e. The topological polar surface area (TPSA) is 61.1 Å². The molecule has 1 N–H and O–H groups in total. The van der Waals surface area contributed by atoms with Crippen LogP contribution in [0.5, 0.6) is 0 Å². The highest BCUT2D eigenvalue weighted by Crippen LogP contribution is 2.47. The van der Waals surface area contributed by atoms with Gasteiger partial charge in [0.25, 0.3) is 0 Å². The zero-order chi connectivity index (χ0) is 16.2. The predicted octanol–water partition coefficient (Wildman–Crippen LogP) is 3.34. The van der Waals surface area contributed by atoms with E-state index >= 15 is 0 Å². The first-order valence-electron chi connectivity index (χ1n) is 7.48. The summed E-state index contributed by atoms with van der Waals surface area (Å²) in [4.78, 5) is 10.9. The second-order valence-electron chi connectivity index (χ2n) is 5.65. The van der Waals surface area contributed by atoms with Crippen LogP contribution in [0.25, 0.3) is 0 Å². The molecule has 1 saturated carbocycles. The van der Waals surface area contributed by atoms with E-state index in [1.54, 1.807) is 0 Å². The number of hydrogen-bond donors (Lipinski definition) is 1. The highest BCUT2D eigenvalue weighted by atomic mass is 16.4. The van der Waals surface area contributed by atoms with Crippen molar-refractivity contribution < 1.29 is 9.90 Å². The molecule has 2 atom stereocenters. The molecule has 2 aromatic rings. The van der Waals surface area contributed by atoms with Gasteiger partial charge < -0.3 is 5.11 Å². The van der Waals surface area contributed by atoms with Crippen LogP contribution < -0.4 is 0 Å². The lowest BCUT2D eigenvalue weighted by atomic mass is 10.0. The molecule has 3 heteroatoms. The Labute approximate surface area is 135 Å². The van der Waals surface area contributed by atoms with Crippen LogP contribution in [0.4, 0.5) is 0 Å². The molecule has 0 amide bonds. The highest BCUT2D eigenvalue weighted by Gasteiger charge is 2.43. The fraction of sp³-hybridized carbons (Fsp3) is 0.200. The van der Waals surface area contributed by atoms with E-state index in [1.807, 2.05) is 48.5 Å². The second kappa shape index (κ2) is 6.38. The SMILES string of the molecule is N#CCc1ccccc1C#Cc1ccc([C@H]2C[C@@H]2C(=O)O)cc1. The van der Waals surface area contributed by atoms with Crippen molar-refractivity contribution in [2.75, 3.05) is 0 Å². The van der Waals surface area contributed by atoms with Gasteiger partial charge in [-0.1, -0.05) is 42.2 Å². The summed E-state index contributed by atoms with van der Waals surface area (Å²) in [5.41, 5.74) is 3.74. The number of carboxylic acids is 1. The normalized spacial score (nSPS) is 18.4. The Morgan fingerprint density at radius 2 is 1.87 bits per heavy atom. The molecule has 1 aliphatic rings. The lowest BCUT2D eigenvalue weighted by Gasteiger charge is -1.99. The lowest BCUT2D eigenvalue weighted by Crippen LogP contribution is -1.98. The smallest absolute Gasteiger partial charge is 0.307 e. The zero-order valence-corrected chi connectivity index (χ0v) is 12.5. The van der Waals surface area contributed by atoms with Crippen LogP contribution in [0.2, 0.25) is 0 Å². The van der Waals surface area contributed by atoms with E-state index in [1.165, 1.54) is 0 Å². The van der Waals surface area contributed by atoms with Crippen LogP contribution in [-0.2, 0) is 11.2 Å². The predicted molar refractivity (Wildman–Crippen MR) is 86.7 cm³/mol. The minimum atomic E-state index is -0.715. The van der Waals surface area contributed by atoms with Crippen molar-refractivity contribution in [2.45, 2.75) is 18.8 Å². The summed E-state index contributed by atoms with van der Waals surface area (Å²) in [5, 5.41) is 17.8. The fourth-order valence-corrected chi connectivity index (χ4v) is 2.67. The van der Waals surface area contributed by atoms with Gasteiger partial charge in [0.15, 0.2) is 0 Å². The second-order valence-corrected chi connectivity index (χ2v) is 5.65. The molecule has 2 aromatic carbocycles. The van der Waals surface area contributed by atoms with Crippen molar-refractivity contribution in [3.63, 3.8) is 0 Å². The Kier molecular flexibility index (Phi) is 4.13. The van der Waals surface area contributed by atoms with Gasteiger partial charge in [-0.2, -0.15) is 5.26 Å². The summed E-state index contributed by atoms with van der Waals surface area (Å²) in [5.74, 6) is 5.41. The van der Waals surface area contributed by atoms with Crippen molar-refractivity contribution in [1.29, 1.82) is 5.26 Å². The zero-order valence-electron chi connectivity index (χ0n) is 12.5. The van der Waals surface area contributed by atoms with Gasteiger partial charge in [-0.25, -0.2) is 0 Å². The first-order chi connectivity index (χ1) is 11.2. The van der Waals surface area contributed by atoms with Crippen molar-refractivity contribution in [2.24, 2.45) is 5.92 Å². The maximum atomic E-state index is 10.9. The molecule has 0 bridgehead atoms. The largest absolute Gasteiger partial charge is 0.481 e. The van der Waals surface area contributed by atoms with Gasteiger partial charge >= 0.3 is 5.97 Å². The quantitative estimate of drug-likeness (QED) is 0.884. The minimum Gasteiger partial charge on any atom is -0.481 e. The number of benzene rings is 2. The molecular formula is C20H15NO2. The molecule has 0 heterocycles. The number of aliphatic carboxylic acids is 1. The Balaban J connectivity index is 1.75. The maximum absolute atomic E-state index is 10.9. The number of nitrogens with zero attached hydrogens (tertiary/aromatic N) is 1. The molecule has 0 aliphatic heterocycles. The van der Waals surface area contributed by atoms with Gasteiger partial charge in [-0.05, 0) is 41.7 Å². The molecule has 0 spiro atoms. The molecule has 3 nitrogen and oxygen atoms in total. The van der Waals surface area contributed by atoms with Crippen LogP contribution in [0, 0.1) is 29.1 Å². The third kappa shape index (κ3) is 3.42. The van der Waals surface area contributed by atoms with Crippen LogP contribution in [-0.4, -0.2) is 11.1 Å². The van der Waals surface area contributed by atoms with E-state index in [4.69, 9.17) is 10.4 Å². The fourth-order valence-electron chi connectivity index (χ4n) is 2.67. The molecule has 0 radical (unpaired) electrons. The highest BCUT2D eigenvalue weighted by molar-refractivity contribution is 5.75. The third-order valence-corrected chi connectivity index (χ3v) is 4.07. The monoisotopic (exact) mass is 301 g/mol. The number of rotatable bonds is 3. The van der Waals surface area contributed by atoms with Crippen molar-refractivity contribution >= 4 is 5.97 Å². The Morgan fingerprint density at radius 3 is 2.52 bits per heavy atom. The van der Waals surface area contributed by atoms with E-state index in [0.29, 0.717) is 6.42 Å². The lowest BCUT2D eigenvalue weighted by molar-refractivity contribution is -0.138. The van der Waals surface area contributed by atoms with Gasteiger partial charge in [0, 0.05) is 11.1 Å². The summed E-state index contributed by atoms with van der Waals surface area (Å²) in [7, 11) is 0. The average molecular weight is 301 g/mol. The summed E-state index contributed by atoms with van der Waals surface area (Å²) in [6.07, 6.45) is 1.07. The number of nitriles is 1. The van der Waals surface area contributed by atoms with Gasteiger partial charge in [-0.3, -0.25) is 4.79 Å². The van der Waals surface area contributed by atoms with Crippen LogP contribution in [0.3, 0.4) is 0 Å². The number of carboxylic acid groups (broad SMARTS) is 1. The van der Waals surface area contributed by atoms with Gasteiger partial charge in [0.2, 0.25) is 0 Å². The molecule has 0 aromatic heterocycles. The molecule has 0 saturated heterocycles. The van der Waals surface area contributed by atoms with E-state index in [0.717, 1.165) is 28.7 Å². The Morgan fingerprint density at radius 1 is 1.13 bits per heavy atom. The van der Waals surface area contributed by atoms with Crippen molar-refractivity contribution in [3.05, 3.63) is 70.8 Å². The van der Waals surface area contributed by atoms with Gasteiger partial charge in [0.1, 0.15) is 0 Å². The first kappa shape index (κ1) is 14.9. The van der Waals surface area contributed by atoms with E-state index < -0.39 is 5.97 Å². The van der Waals surface area contributed by atoms with Crippen molar-refractivity contribution in [1.82, 2.24) is 0 Å². The Bertz CT molecular complexity index is 834. The molecule has 23 heavy (non-hydrogen) atoms. The van der Waals surface area contributed by atoms with Crippen LogP contribution in [0.15, 0.2) is 48.5 Å². The van der Waals surface area contributed by atoms with Crippen LogP contribution >= 0.6 is 0 Å². The summed E-state index contributed by atoms with van der Waals surface area (Å²) in [6, 6.07) is 17.5. The van der Waals surface area contributed by atoms with E-state index in [-0.39, 0.29) is 11.8 Å². The van der Waals surface area contributed by atoms with Crippen molar-refractivity contribution in [3.8, 4) is 17.9 Å². The molecular weight excluding hydrogens is 286 g/mol.